The van der Waals surface area contributed by atoms with E-state index < -0.39 is 30.3 Å². The van der Waals surface area contributed by atoms with Crippen LogP contribution in [0.1, 0.15) is 58.8 Å². The van der Waals surface area contributed by atoms with E-state index in [0.29, 0.717) is 23.0 Å². The van der Waals surface area contributed by atoms with Crippen molar-refractivity contribution >= 4 is 30.8 Å². The Bertz CT molecular complexity index is 933. The minimum atomic E-state index is -0.555. The Labute approximate surface area is 181 Å². The summed E-state index contributed by atoms with van der Waals surface area (Å²) in [6, 6.07) is 12.9. The average molecular weight is 424 g/mol. The van der Waals surface area contributed by atoms with E-state index in [-0.39, 0.29) is 13.2 Å². The molecule has 8 heteroatoms. The van der Waals surface area contributed by atoms with Crippen molar-refractivity contribution < 1.29 is 33.2 Å². The van der Waals surface area contributed by atoms with Crippen LogP contribution in [-0.4, -0.2) is 49.8 Å². The molecule has 3 rings (SSSR count). The molecule has 2 aromatic carbocycles. The van der Waals surface area contributed by atoms with Gasteiger partial charge in [0.2, 0.25) is 0 Å². The van der Waals surface area contributed by atoms with Gasteiger partial charge in [0.1, 0.15) is 19.5 Å². The molecule has 0 saturated carbocycles. The number of benzene rings is 2. The summed E-state index contributed by atoms with van der Waals surface area (Å²) in [5, 5.41) is 0. The van der Waals surface area contributed by atoms with E-state index in [4.69, 9.17) is 18.8 Å². The molecule has 1 aliphatic rings. The fourth-order valence-electron chi connectivity index (χ4n) is 2.89. The maximum atomic E-state index is 12.2. The lowest BCUT2D eigenvalue weighted by Gasteiger charge is -2.32. The molecule has 7 nitrogen and oxygen atoms in total. The predicted octanol–water partition coefficient (Wildman–Crippen LogP) is 2.81. The number of carbonyl (C=O) groups excluding carboxylic acids is 3. The Hall–Kier alpha value is -2.97. The zero-order valence-electron chi connectivity index (χ0n) is 18.0. The smallest absolute Gasteiger partial charge is 0.458 e. The van der Waals surface area contributed by atoms with Gasteiger partial charge in [0.25, 0.3) is 0 Å². The van der Waals surface area contributed by atoms with Crippen LogP contribution in [0.2, 0.25) is 0 Å². The number of hydrogen-bond donors (Lipinski definition) is 0. The first-order valence-corrected chi connectivity index (χ1v) is 9.98. The number of aldehydes is 1. The minimum absolute atomic E-state index is 0.0734. The summed E-state index contributed by atoms with van der Waals surface area (Å²) in [4.78, 5) is 34.8. The lowest BCUT2D eigenvalue weighted by atomic mass is 9.79. The second-order valence-electron chi connectivity index (χ2n) is 8.22. The molecule has 1 fully saturated rings. The van der Waals surface area contributed by atoms with Crippen molar-refractivity contribution in [2.75, 3.05) is 13.2 Å². The van der Waals surface area contributed by atoms with Crippen LogP contribution in [0.25, 0.3) is 0 Å². The third-order valence-electron chi connectivity index (χ3n) is 5.50. The molecule has 0 radical (unpaired) electrons. The summed E-state index contributed by atoms with van der Waals surface area (Å²) < 4.78 is 22.2. The number of ether oxygens (including phenoxy) is 2. The average Bonchev–Trinajstić information content (AvgIpc) is 2.98. The van der Waals surface area contributed by atoms with Gasteiger partial charge in [0.15, 0.2) is 0 Å². The van der Waals surface area contributed by atoms with E-state index in [9.17, 15) is 14.4 Å². The van der Waals surface area contributed by atoms with Gasteiger partial charge in [-0.15, -0.1) is 0 Å². The topological polar surface area (TPSA) is 88.1 Å². The van der Waals surface area contributed by atoms with Crippen molar-refractivity contribution in [3.63, 3.8) is 0 Å². The zero-order valence-corrected chi connectivity index (χ0v) is 18.0. The molecular weight excluding hydrogens is 399 g/mol. The number of esters is 2. The van der Waals surface area contributed by atoms with Gasteiger partial charge in [-0.3, -0.25) is 4.79 Å². The van der Waals surface area contributed by atoms with E-state index in [1.807, 2.05) is 27.7 Å². The molecule has 0 aromatic heterocycles. The second kappa shape index (κ2) is 9.04. The molecule has 2 aromatic rings. The summed E-state index contributed by atoms with van der Waals surface area (Å²) in [7, 11) is -0.505. The quantitative estimate of drug-likeness (QED) is 0.292. The zero-order chi connectivity index (χ0) is 22.6. The highest BCUT2D eigenvalue weighted by Crippen LogP contribution is 2.36. The van der Waals surface area contributed by atoms with Crippen molar-refractivity contribution in [3.8, 4) is 0 Å². The highest BCUT2D eigenvalue weighted by molar-refractivity contribution is 6.62. The van der Waals surface area contributed by atoms with E-state index >= 15 is 0 Å². The van der Waals surface area contributed by atoms with Gasteiger partial charge >= 0.3 is 19.1 Å². The molecule has 0 amide bonds. The first kappa shape index (κ1) is 22.7. The van der Waals surface area contributed by atoms with Crippen LogP contribution in [0.4, 0.5) is 0 Å². The highest BCUT2D eigenvalue weighted by atomic mass is 16.7. The molecule has 0 unspecified atom stereocenters. The largest absolute Gasteiger partial charge is 0.494 e. The molecule has 1 saturated heterocycles. The molecule has 1 aliphatic heterocycles. The van der Waals surface area contributed by atoms with Crippen LogP contribution in [0.3, 0.4) is 0 Å². The van der Waals surface area contributed by atoms with Gasteiger partial charge in [-0.2, -0.15) is 0 Å². The first-order valence-electron chi connectivity index (χ1n) is 9.98. The van der Waals surface area contributed by atoms with Crippen molar-refractivity contribution in [3.05, 3.63) is 65.2 Å². The van der Waals surface area contributed by atoms with Gasteiger partial charge < -0.3 is 18.8 Å². The fourth-order valence-corrected chi connectivity index (χ4v) is 2.89. The number of hydrogen-bond acceptors (Lipinski definition) is 7. The maximum Gasteiger partial charge on any atom is 0.494 e. The van der Waals surface area contributed by atoms with Crippen LogP contribution >= 0.6 is 0 Å². The SMILES string of the molecule is CC1(C)OB(c2ccc(C(=O)OCCOC(=O)c3ccc(C=O)cc3)cc2)OC1(C)C. The molecule has 1 heterocycles. The van der Waals surface area contributed by atoms with Crippen LogP contribution in [0.5, 0.6) is 0 Å². The monoisotopic (exact) mass is 424 g/mol. The lowest BCUT2D eigenvalue weighted by Crippen LogP contribution is -2.41. The summed E-state index contributed by atoms with van der Waals surface area (Å²) in [6.07, 6.45) is 0.691. The van der Waals surface area contributed by atoms with Gasteiger partial charge in [-0.1, -0.05) is 24.3 Å². The van der Waals surface area contributed by atoms with Crippen LogP contribution < -0.4 is 5.46 Å². The molecule has 0 atom stereocenters. The second-order valence-corrected chi connectivity index (χ2v) is 8.22. The summed E-state index contributed by atoms with van der Waals surface area (Å²) in [5.74, 6) is -1.08. The minimum Gasteiger partial charge on any atom is -0.458 e. The summed E-state index contributed by atoms with van der Waals surface area (Å²) >= 11 is 0. The Morgan fingerprint density at radius 3 is 1.65 bits per heavy atom. The van der Waals surface area contributed by atoms with Gasteiger partial charge in [-0.25, -0.2) is 9.59 Å². The third-order valence-corrected chi connectivity index (χ3v) is 5.50. The molecule has 0 bridgehead atoms. The number of rotatable bonds is 7. The van der Waals surface area contributed by atoms with E-state index in [1.54, 1.807) is 24.3 Å². The Balaban J connectivity index is 1.46. The molecular formula is C23H25BO7. The molecule has 0 spiro atoms. The maximum absolute atomic E-state index is 12.2. The molecule has 0 aliphatic carbocycles. The third kappa shape index (κ3) is 5.21. The summed E-state index contributed by atoms with van der Waals surface area (Å²) in [6.45, 7) is 7.76. The van der Waals surface area contributed by atoms with Crippen molar-refractivity contribution in [2.45, 2.75) is 38.9 Å². The van der Waals surface area contributed by atoms with E-state index in [0.717, 1.165) is 5.46 Å². The van der Waals surface area contributed by atoms with Gasteiger partial charge in [0.05, 0.1) is 22.3 Å². The van der Waals surface area contributed by atoms with E-state index in [2.05, 4.69) is 0 Å². The van der Waals surface area contributed by atoms with Gasteiger partial charge in [-0.05, 0) is 57.4 Å². The van der Waals surface area contributed by atoms with Gasteiger partial charge in [0, 0.05) is 5.56 Å². The fraction of sp³-hybridized carbons (Fsp3) is 0.348. The standard InChI is InChI=1S/C23H25BO7/c1-22(2)23(3,4)31-24(30-22)19-11-9-18(10-12-19)21(27)29-14-13-28-20(26)17-7-5-16(15-25)6-8-17/h5-12,15H,13-14H2,1-4H3. The Kier molecular flexibility index (Phi) is 6.62. The van der Waals surface area contributed by atoms with Crippen molar-refractivity contribution in [1.29, 1.82) is 0 Å². The highest BCUT2D eigenvalue weighted by Gasteiger charge is 2.51. The van der Waals surface area contributed by atoms with Crippen LogP contribution in [-0.2, 0) is 18.8 Å². The normalized spacial score (nSPS) is 16.6. The van der Waals surface area contributed by atoms with Crippen molar-refractivity contribution in [1.82, 2.24) is 0 Å². The number of carbonyl (C=O) groups is 3. The molecule has 0 N–H and O–H groups in total. The van der Waals surface area contributed by atoms with Crippen LogP contribution in [0.15, 0.2) is 48.5 Å². The van der Waals surface area contributed by atoms with Crippen LogP contribution in [0, 0.1) is 0 Å². The molecule has 162 valence electrons. The van der Waals surface area contributed by atoms with E-state index in [1.165, 1.54) is 24.3 Å². The van der Waals surface area contributed by atoms with Crippen molar-refractivity contribution in [2.24, 2.45) is 0 Å². The Morgan fingerprint density at radius 1 is 0.806 bits per heavy atom. The summed E-state index contributed by atoms with van der Waals surface area (Å²) in [5.41, 5.74) is 1.08. The first-order chi connectivity index (χ1) is 14.6. The lowest BCUT2D eigenvalue weighted by molar-refractivity contribution is 0.00578. The predicted molar refractivity (Wildman–Crippen MR) is 115 cm³/mol. The molecule has 31 heavy (non-hydrogen) atoms. The Morgan fingerprint density at radius 2 is 1.23 bits per heavy atom.